The molecule has 2 rings (SSSR count). The van der Waals surface area contributed by atoms with Gasteiger partial charge in [0.05, 0.1) is 15.6 Å². The van der Waals surface area contributed by atoms with Crippen LogP contribution in [0.3, 0.4) is 0 Å². The SMILES string of the molecule is NS(=O)(=O)c1ccc(Cl)c(NC2CCCCC2)c1. The number of nitrogens with one attached hydrogen (secondary N) is 1. The first-order chi connectivity index (χ1) is 8.47. The summed E-state index contributed by atoms with van der Waals surface area (Å²) in [7, 11) is -3.68. The average Bonchev–Trinajstić information content (AvgIpc) is 2.32. The lowest BCUT2D eigenvalue weighted by molar-refractivity contribution is 0.462. The molecule has 0 unspecified atom stereocenters. The van der Waals surface area contributed by atoms with Gasteiger partial charge < -0.3 is 5.32 Å². The molecule has 0 amide bonds. The van der Waals surface area contributed by atoms with Gasteiger partial charge in [0.15, 0.2) is 0 Å². The summed E-state index contributed by atoms with van der Waals surface area (Å²) in [5, 5.41) is 8.94. The first-order valence-electron chi connectivity index (χ1n) is 6.06. The Labute approximate surface area is 113 Å². The molecule has 6 heteroatoms. The normalized spacial score (nSPS) is 17.7. The Bertz CT molecular complexity index is 525. The van der Waals surface area contributed by atoms with Crippen molar-refractivity contribution in [2.24, 2.45) is 5.14 Å². The van der Waals surface area contributed by atoms with Gasteiger partial charge in [0, 0.05) is 6.04 Å². The van der Waals surface area contributed by atoms with E-state index in [1.807, 2.05) is 0 Å². The summed E-state index contributed by atoms with van der Waals surface area (Å²) in [6.45, 7) is 0. The Kier molecular flexibility index (Phi) is 4.14. The number of primary sulfonamides is 1. The number of rotatable bonds is 3. The van der Waals surface area contributed by atoms with Crippen molar-refractivity contribution >= 4 is 27.3 Å². The molecule has 1 fully saturated rings. The summed E-state index contributed by atoms with van der Waals surface area (Å²) in [4.78, 5) is 0.0882. The maximum absolute atomic E-state index is 11.3. The highest BCUT2D eigenvalue weighted by Crippen LogP contribution is 2.28. The minimum Gasteiger partial charge on any atom is -0.381 e. The van der Waals surface area contributed by atoms with Crippen molar-refractivity contribution in [1.82, 2.24) is 0 Å². The van der Waals surface area contributed by atoms with E-state index in [1.165, 1.54) is 31.4 Å². The summed E-state index contributed by atoms with van der Waals surface area (Å²) in [5.74, 6) is 0. The summed E-state index contributed by atoms with van der Waals surface area (Å²) >= 11 is 6.07. The van der Waals surface area contributed by atoms with Gasteiger partial charge in [-0.25, -0.2) is 13.6 Å². The summed E-state index contributed by atoms with van der Waals surface area (Å²) < 4.78 is 22.6. The van der Waals surface area contributed by atoms with Crippen LogP contribution in [0.25, 0.3) is 0 Å². The molecule has 4 nitrogen and oxygen atoms in total. The van der Waals surface area contributed by atoms with Gasteiger partial charge in [0.1, 0.15) is 0 Å². The molecule has 0 spiro atoms. The third-order valence-corrected chi connectivity index (χ3v) is 4.47. The second-order valence-corrected chi connectivity index (χ2v) is 6.63. The second kappa shape index (κ2) is 5.47. The maximum atomic E-state index is 11.3. The van der Waals surface area contributed by atoms with Crippen LogP contribution in [0, 0.1) is 0 Å². The zero-order chi connectivity index (χ0) is 13.2. The topological polar surface area (TPSA) is 72.2 Å². The van der Waals surface area contributed by atoms with Gasteiger partial charge in [-0.1, -0.05) is 30.9 Å². The van der Waals surface area contributed by atoms with E-state index >= 15 is 0 Å². The Morgan fingerprint density at radius 1 is 1.22 bits per heavy atom. The summed E-state index contributed by atoms with van der Waals surface area (Å²) in [6.07, 6.45) is 5.85. The predicted molar refractivity (Wildman–Crippen MR) is 73.3 cm³/mol. The molecule has 0 saturated heterocycles. The van der Waals surface area contributed by atoms with Crippen LogP contribution in [0.1, 0.15) is 32.1 Å². The highest BCUT2D eigenvalue weighted by Gasteiger charge is 2.16. The Morgan fingerprint density at radius 3 is 2.50 bits per heavy atom. The van der Waals surface area contributed by atoms with Crippen LogP contribution in [-0.2, 0) is 10.0 Å². The van der Waals surface area contributed by atoms with E-state index in [2.05, 4.69) is 5.32 Å². The Hall–Kier alpha value is -0.780. The second-order valence-electron chi connectivity index (χ2n) is 4.67. The van der Waals surface area contributed by atoms with E-state index in [0.29, 0.717) is 16.8 Å². The lowest BCUT2D eigenvalue weighted by Crippen LogP contribution is -2.22. The van der Waals surface area contributed by atoms with Crippen molar-refractivity contribution in [3.05, 3.63) is 23.2 Å². The minimum absolute atomic E-state index is 0.0882. The van der Waals surface area contributed by atoms with Crippen molar-refractivity contribution in [3.63, 3.8) is 0 Å². The van der Waals surface area contributed by atoms with Gasteiger partial charge in [-0.05, 0) is 31.0 Å². The largest absolute Gasteiger partial charge is 0.381 e. The average molecular weight is 289 g/mol. The van der Waals surface area contributed by atoms with Crippen LogP contribution in [-0.4, -0.2) is 14.5 Å². The smallest absolute Gasteiger partial charge is 0.238 e. The van der Waals surface area contributed by atoms with Crippen LogP contribution in [0.2, 0.25) is 5.02 Å². The molecular weight excluding hydrogens is 272 g/mol. The van der Waals surface area contributed by atoms with Crippen LogP contribution in [0.4, 0.5) is 5.69 Å². The van der Waals surface area contributed by atoms with E-state index in [1.54, 1.807) is 6.07 Å². The van der Waals surface area contributed by atoms with Crippen molar-refractivity contribution in [2.75, 3.05) is 5.32 Å². The third kappa shape index (κ3) is 3.37. The summed E-state index contributed by atoms with van der Waals surface area (Å²) in [6, 6.07) is 4.86. The van der Waals surface area contributed by atoms with Gasteiger partial charge in [0.2, 0.25) is 10.0 Å². The summed E-state index contributed by atoms with van der Waals surface area (Å²) in [5.41, 5.74) is 0.648. The highest BCUT2D eigenvalue weighted by atomic mass is 35.5. The molecular formula is C12H17ClN2O2S. The fourth-order valence-electron chi connectivity index (χ4n) is 2.26. The van der Waals surface area contributed by atoms with Gasteiger partial charge >= 0.3 is 0 Å². The molecule has 0 radical (unpaired) electrons. The minimum atomic E-state index is -3.68. The molecule has 3 N–H and O–H groups in total. The van der Waals surface area contributed by atoms with Gasteiger partial charge in [0.25, 0.3) is 0 Å². The van der Waals surface area contributed by atoms with Crippen LogP contribution < -0.4 is 10.5 Å². The molecule has 0 aliphatic heterocycles. The van der Waals surface area contributed by atoms with Crippen LogP contribution in [0.15, 0.2) is 23.1 Å². The van der Waals surface area contributed by atoms with Crippen molar-refractivity contribution in [3.8, 4) is 0 Å². The van der Waals surface area contributed by atoms with Crippen LogP contribution >= 0.6 is 11.6 Å². The van der Waals surface area contributed by atoms with Crippen LogP contribution in [0.5, 0.6) is 0 Å². The quantitative estimate of drug-likeness (QED) is 0.898. The molecule has 0 bridgehead atoms. The fraction of sp³-hybridized carbons (Fsp3) is 0.500. The zero-order valence-electron chi connectivity index (χ0n) is 10.0. The lowest BCUT2D eigenvalue weighted by Gasteiger charge is -2.24. The first-order valence-corrected chi connectivity index (χ1v) is 7.98. The molecule has 0 aromatic heterocycles. The Balaban J connectivity index is 2.21. The third-order valence-electron chi connectivity index (χ3n) is 3.23. The standard InChI is InChI=1S/C12H17ClN2O2S/c13-11-7-6-10(18(14,16)17)8-12(11)15-9-4-2-1-3-5-9/h6-9,15H,1-5H2,(H2,14,16,17). The lowest BCUT2D eigenvalue weighted by atomic mass is 9.95. The van der Waals surface area contributed by atoms with Gasteiger partial charge in [-0.3, -0.25) is 0 Å². The number of hydrogen-bond donors (Lipinski definition) is 2. The number of sulfonamides is 1. The number of anilines is 1. The van der Waals surface area contributed by atoms with Crippen molar-refractivity contribution in [1.29, 1.82) is 0 Å². The van der Waals surface area contributed by atoms with Gasteiger partial charge in [-0.2, -0.15) is 0 Å². The van der Waals surface area contributed by atoms with Crippen molar-refractivity contribution in [2.45, 2.75) is 43.0 Å². The molecule has 18 heavy (non-hydrogen) atoms. The number of halogens is 1. The highest BCUT2D eigenvalue weighted by molar-refractivity contribution is 7.89. The number of benzene rings is 1. The maximum Gasteiger partial charge on any atom is 0.238 e. The first kappa shape index (κ1) is 13.6. The predicted octanol–water partition coefficient (Wildman–Crippen LogP) is 2.73. The molecule has 1 aliphatic carbocycles. The molecule has 100 valence electrons. The Morgan fingerprint density at radius 2 is 1.89 bits per heavy atom. The van der Waals surface area contributed by atoms with E-state index < -0.39 is 10.0 Å². The molecule has 0 atom stereocenters. The van der Waals surface area contributed by atoms with E-state index in [4.69, 9.17) is 16.7 Å². The van der Waals surface area contributed by atoms with Gasteiger partial charge in [-0.15, -0.1) is 0 Å². The number of nitrogens with two attached hydrogens (primary N) is 1. The molecule has 1 saturated carbocycles. The van der Waals surface area contributed by atoms with E-state index in [9.17, 15) is 8.42 Å². The molecule has 1 aliphatic rings. The van der Waals surface area contributed by atoms with E-state index in [-0.39, 0.29) is 4.90 Å². The fourth-order valence-corrected chi connectivity index (χ4v) is 2.97. The zero-order valence-corrected chi connectivity index (χ0v) is 11.6. The molecule has 1 aromatic rings. The molecule has 1 aromatic carbocycles. The molecule has 0 heterocycles. The van der Waals surface area contributed by atoms with E-state index in [0.717, 1.165) is 12.8 Å². The number of hydrogen-bond acceptors (Lipinski definition) is 3. The van der Waals surface area contributed by atoms with Crippen molar-refractivity contribution < 1.29 is 8.42 Å². The monoisotopic (exact) mass is 288 g/mol.